The van der Waals surface area contributed by atoms with Gasteiger partial charge in [0.25, 0.3) is 0 Å². The van der Waals surface area contributed by atoms with Gasteiger partial charge in [0.05, 0.1) is 12.8 Å². The number of hydrogen-bond acceptors (Lipinski definition) is 5. The van der Waals surface area contributed by atoms with Crippen LogP contribution in [0.4, 0.5) is 0 Å². The Morgan fingerprint density at radius 3 is 1.60 bits per heavy atom. The molecule has 0 saturated heterocycles. The van der Waals surface area contributed by atoms with Crippen molar-refractivity contribution in [2.24, 2.45) is 17.8 Å². The van der Waals surface area contributed by atoms with E-state index in [0.29, 0.717) is 17.9 Å². The van der Waals surface area contributed by atoms with Crippen molar-refractivity contribution in [3.05, 3.63) is 11.6 Å². The first-order chi connectivity index (χ1) is 15.8. The summed E-state index contributed by atoms with van der Waals surface area (Å²) in [6.45, 7) is 10.8. The molecule has 0 fully saturated rings. The van der Waals surface area contributed by atoms with Crippen molar-refractivity contribution in [1.29, 1.82) is 0 Å². The molecular formula is C26H45NaO8. The Hall–Kier alpha value is -1.38. The summed E-state index contributed by atoms with van der Waals surface area (Å²) in [5, 5.41) is 27.3. The molecule has 0 amide bonds. The predicted octanol–water partition coefficient (Wildman–Crippen LogP) is 5.04. The van der Waals surface area contributed by atoms with Crippen LogP contribution in [0, 0.1) is 17.8 Å². The van der Waals surface area contributed by atoms with E-state index in [0.717, 1.165) is 37.2 Å². The van der Waals surface area contributed by atoms with Crippen molar-refractivity contribution in [1.82, 2.24) is 0 Å². The van der Waals surface area contributed by atoms with E-state index < -0.39 is 42.3 Å². The summed E-state index contributed by atoms with van der Waals surface area (Å²) in [5.41, 5.74) is -1.98. The Morgan fingerprint density at radius 1 is 0.771 bits per heavy atom. The summed E-state index contributed by atoms with van der Waals surface area (Å²) >= 11 is 0. The van der Waals surface area contributed by atoms with Crippen molar-refractivity contribution in [2.75, 3.05) is 0 Å². The van der Waals surface area contributed by atoms with Gasteiger partial charge in [-0.05, 0) is 37.5 Å². The summed E-state index contributed by atoms with van der Waals surface area (Å²) in [4.78, 5) is 45.8. The van der Waals surface area contributed by atoms with Crippen LogP contribution in [0.5, 0.6) is 0 Å². The van der Waals surface area contributed by atoms with Gasteiger partial charge in [0.2, 0.25) is 5.60 Å². The van der Waals surface area contributed by atoms with Crippen molar-refractivity contribution in [3.63, 3.8) is 0 Å². The summed E-state index contributed by atoms with van der Waals surface area (Å²) in [7, 11) is 0. The number of carbonyl (C=O) groups is 4. The molecule has 198 valence electrons. The van der Waals surface area contributed by atoms with Crippen LogP contribution in [0.1, 0.15) is 105 Å². The zero-order valence-corrected chi connectivity index (χ0v) is 21.5. The molecule has 0 spiro atoms. The van der Waals surface area contributed by atoms with Gasteiger partial charge in [-0.15, -0.1) is 0 Å². The second-order valence-electron chi connectivity index (χ2n) is 10.2. The molecule has 0 unspecified atom stereocenters. The van der Waals surface area contributed by atoms with Gasteiger partial charge >= 0.3 is 53.4 Å². The average Bonchev–Trinajstić information content (AvgIpc) is 2.66. The van der Waals surface area contributed by atoms with Gasteiger partial charge in [0, 0.05) is 6.08 Å². The first-order valence-corrected chi connectivity index (χ1v) is 12.3. The van der Waals surface area contributed by atoms with Crippen LogP contribution in [-0.4, -0.2) is 74.4 Å². The first-order valence-electron chi connectivity index (χ1n) is 12.3. The molecule has 0 saturated carbocycles. The minimum absolute atomic E-state index is 0. The van der Waals surface area contributed by atoms with E-state index in [2.05, 4.69) is 27.7 Å². The average molecular weight is 509 g/mol. The van der Waals surface area contributed by atoms with Gasteiger partial charge in [-0.2, -0.15) is 0 Å². The molecule has 0 bridgehead atoms. The van der Waals surface area contributed by atoms with Crippen LogP contribution in [0.15, 0.2) is 11.6 Å². The van der Waals surface area contributed by atoms with Gasteiger partial charge in [-0.1, -0.05) is 78.2 Å². The molecule has 0 radical (unpaired) electrons. The second-order valence-corrected chi connectivity index (χ2v) is 10.2. The number of hydrogen-bond donors (Lipinski definition) is 3. The van der Waals surface area contributed by atoms with E-state index in [1.165, 1.54) is 32.1 Å². The number of carboxylic acid groups (broad SMARTS) is 3. The maximum absolute atomic E-state index is 12.2. The van der Waals surface area contributed by atoms with E-state index in [1.807, 2.05) is 0 Å². The Bertz CT molecular complexity index is 685. The zero-order valence-electron chi connectivity index (χ0n) is 21.5. The van der Waals surface area contributed by atoms with Crippen molar-refractivity contribution in [3.8, 4) is 0 Å². The van der Waals surface area contributed by atoms with Gasteiger partial charge in [-0.25, -0.2) is 9.59 Å². The van der Waals surface area contributed by atoms with E-state index in [-0.39, 0.29) is 29.6 Å². The van der Waals surface area contributed by atoms with Crippen molar-refractivity contribution < 1.29 is 39.2 Å². The fourth-order valence-electron chi connectivity index (χ4n) is 4.02. The first kappa shape index (κ1) is 35.8. The van der Waals surface area contributed by atoms with Gasteiger partial charge < -0.3 is 20.1 Å². The molecule has 0 aliphatic carbocycles. The predicted molar refractivity (Wildman–Crippen MR) is 137 cm³/mol. The summed E-state index contributed by atoms with van der Waals surface area (Å²) in [5.74, 6) is -3.93. The Balaban J connectivity index is 0. The third kappa shape index (κ3) is 17.7. The normalized spacial score (nSPS) is 13.6. The Labute approximate surface area is 232 Å². The van der Waals surface area contributed by atoms with E-state index >= 15 is 0 Å². The number of allylic oxidation sites excluding steroid dienone is 1. The second kappa shape index (κ2) is 18.8. The third-order valence-corrected chi connectivity index (χ3v) is 6.06. The SMILES string of the molecule is C/C(=C\C(=O)OC(CC(=O)O)(CC(=O)O)C(=O)O)CCC[C@H](C)CCC[C@H](C)CCCC(C)C.[NaH]. The molecule has 9 heteroatoms. The quantitative estimate of drug-likeness (QED) is 0.125. The van der Waals surface area contributed by atoms with Gasteiger partial charge in [0.1, 0.15) is 0 Å². The molecular weight excluding hydrogens is 463 g/mol. The standard InChI is InChI=1S/C26H44O8.Na.H/c1-18(2)9-6-10-19(3)11-7-12-20(4)13-8-14-21(5)15-24(31)34-26(25(32)33,16-22(27)28)17-23(29)30;;/h15,18-20H,6-14,16-17H2,1-5H3,(H,27,28)(H,29,30)(H,32,33);;/b21-15+;;/t19-,20-;;/m1../s1. The third-order valence-electron chi connectivity index (χ3n) is 6.06. The number of esters is 1. The fourth-order valence-corrected chi connectivity index (χ4v) is 4.02. The minimum atomic E-state index is -2.65. The van der Waals surface area contributed by atoms with Crippen LogP contribution < -0.4 is 0 Å². The Morgan fingerprint density at radius 2 is 1.20 bits per heavy atom. The van der Waals surface area contributed by atoms with Crippen molar-refractivity contribution >= 4 is 53.4 Å². The molecule has 3 N–H and O–H groups in total. The molecule has 0 aliphatic heterocycles. The van der Waals surface area contributed by atoms with Crippen LogP contribution in [0.2, 0.25) is 0 Å². The molecule has 0 aromatic rings. The van der Waals surface area contributed by atoms with Crippen molar-refractivity contribution in [2.45, 2.75) is 111 Å². The van der Waals surface area contributed by atoms with Crippen LogP contribution in [-0.2, 0) is 23.9 Å². The molecule has 8 nitrogen and oxygen atoms in total. The molecule has 0 aliphatic rings. The summed E-state index contributed by atoms with van der Waals surface area (Å²) in [6.07, 6.45) is 8.78. The zero-order chi connectivity index (χ0) is 26.3. The molecule has 0 aromatic heterocycles. The number of rotatable bonds is 19. The van der Waals surface area contributed by atoms with Crippen LogP contribution in [0.3, 0.4) is 0 Å². The molecule has 35 heavy (non-hydrogen) atoms. The Kier molecular flexibility index (Phi) is 19.2. The fraction of sp³-hybridized carbons (Fsp3) is 0.769. The molecule has 0 heterocycles. The number of carboxylic acids is 3. The number of ether oxygens (including phenoxy) is 1. The van der Waals surface area contributed by atoms with Crippen LogP contribution in [0.25, 0.3) is 0 Å². The van der Waals surface area contributed by atoms with Crippen LogP contribution >= 0.6 is 0 Å². The molecule has 0 rings (SSSR count). The molecule has 0 aromatic carbocycles. The topological polar surface area (TPSA) is 138 Å². The number of aliphatic carboxylic acids is 3. The van der Waals surface area contributed by atoms with Gasteiger partial charge in [-0.3, -0.25) is 9.59 Å². The van der Waals surface area contributed by atoms with E-state index in [9.17, 15) is 24.3 Å². The maximum atomic E-state index is 12.2. The molecule has 2 atom stereocenters. The summed E-state index contributed by atoms with van der Waals surface area (Å²) < 4.78 is 4.86. The van der Waals surface area contributed by atoms with E-state index in [4.69, 9.17) is 14.9 Å². The summed E-state index contributed by atoms with van der Waals surface area (Å²) in [6, 6.07) is 0. The monoisotopic (exact) mass is 508 g/mol. The van der Waals surface area contributed by atoms with Gasteiger partial charge in [0.15, 0.2) is 0 Å². The number of carbonyl (C=O) groups excluding carboxylic acids is 1. The van der Waals surface area contributed by atoms with E-state index in [1.54, 1.807) is 6.92 Å².